The zero-order valence-corrected chi connectivity index (χ0v) is 16.3. The Morgan fingerprint density at radius 3 is 2.20 bits per heavy atom. The van der Waals surface area contributed by atoms with Gasteiger partial charge in [0.25, 0.3) is 5.91 Å². The molecule has 0 aliphatic carbocycles. The molecule has 2 atom stereocenters. The van der Waals surface area contributed by atoms with Crippen molar-refractivity contribution >= 4 is 33.3 Å². The van der Waals surface area contributed by atoms with E-state index in [0.717, 1.165) is 10.9 Å². The molecule has 0 saturated carbocycles. The molecule has 132 valence electrons. The predicted molar refractivity (Wildman–Crippen MR) is 104 cm³/mol. The molecule has 2 aromatic carbocycles. The van der Waals surface area contributed by atoms with E-state index in [1.54, 1.807) is 24.3 Å². The number of nitrogens with one attached hydrogen (secondary N) is 1. The zero-order valence-electron chi connectivity index (χ0n) is 14.8. The summed E-state index contributed by atoms with van der Waals surface area (Å²) >= 11 is 3.45. The number of halogens is 1. The molecule has 0 aromatic heterocycles. The lowest BCUT2D eigenvalue weighted by atomic mass is 10.0. The van der Waals surface area contributed by atoms with E-state index in [0.29, 0.717) is 11.3 Å². The van der Waals surface area contributed by atoms with Crippen LogP contribution in [0.3, 0.4) is 0 Å². The van der Waals surface area contributed by atoms with E-state index in [4.69, 9.17) is 0 Å². The van der Waals surface area contributed by atoms with Crippen LogP contribution in [0.2, 0.25) is 0 Å². The Morgan fingerprint density at radius 2 is 1.68 bits per heavy atom. The van der Waals surface area contributed by atoms with E-state index >= 15 is 0 Å². The topological polar surface area (TPSA) is 62.8 Å². The lowest BCUT2D eigenvalue weighted by Crippen LogP contribution is -2.92. The van der Waals surface area contributed by atoms with Crippen molar-refractivity contribution in [1.82, 2.24) is 0 Å². The Hall–Kier alpha value is -1.98. The summed E-state index contributed by atoms with van der Waals surface area (Å²) in [5.74, 6) is -0.0361. The second kappa shape index (κ2) is 8.92. The van der Waals surface area contributed by atoms with Crippen molar-refractivity contribution < 1.29 is 14.9 Å². The van der Waals surface area contributed by atoms with Gasteiger partial charge in [-0.3, -0.25) is 9.59 Å². The average Bonchev–Trinajstić information content (AvgIpc) is 2.60. The number of benzene rings is 2. The number of hydrogen-bond donors (Lipinski definition) is 2. The summed E-state index contributed by atoms with van der Waals surface area (Å²) in [4.78, 5) is 23.8. The van der Waals surface area contributed by atoms with E-state index in [1.807, 2.05) is 19.1 Å². The molecule has 0 aliphatic rings. The summed E-state index contributed by atoms with van der Waals surface area (Å²) in [6, 6.07) is 15.2. The average molecular weight is 404 g/mol. The second-order valence-corrected chi connectivity index (χ2v) is 7.09. The molecule has 0 heterocycles. The molecule has 25 heavy (non-hydrogen) atoms. The summed E-state index contributed by atoms with van der Waals surface area (Å²) in [6.45, 7) is 5.55. The van der Waals surface area contributed by atoms with Gasteiger partial charge in [0.05, 0.1) is 0 Å². The maximum atomic E-state index is 12.5. The molecule has 0 fully saturated rings. The highest BCUT2D eigenvalue weighted by Gasteiger charge is 2.22. The highest BCUT2D eigenvalue weighted by molar-refractivity contribution is 9.10. The Balaban J connectivity index is 1.98. The van der Waals surface area contributed by atoms with Gasteiger partial charge in [0.1, 0.15) is 6.04 Å². The maximum absolute atomic E-state index is 12.5. The van der Waals surface area contributed by atoms with Gasteiger partial charge in [0.2, 0.25) is 0 Å². The Labute approximate surface area is 157 Å². The molecule has 0 radical (unpaired) electrons. The van der Waals surface area contributed by atoms with Crippen LogP contribution in [-0.4, -0.2) is 17.7 Å². The third-order valence-corrected chi connectivity index (χ3v) is 4.76. The van der Waals surface area contributed by atoms with Crippen molar-refractivity contribution in [3.05, 3.63) is 64.1 Å². The molecule has 1 amide bonds. The fourth-order valence-corrected chi connectivity index (χ4v) is 2.94. The van der Waals surface area contributed by atoms with E-state index in [9.17, 15) is 9.59 Å². The Bertz CT molecular complexity index is 726. The van der Waals surface area contributed by atoms with Crippen LogP contribution in [0.5, 0.6) is 0 Å². The van der Waals surface area contributed by atoms with Crippen LogP contribution in [0.4, 0.5) is 5.69 Å². The van der Waals surface area contributed by atoms with Crippen LogP contribution in [0.15, 0.2) is 53.0 Å². The second-order valence-electron chi connectivity index (χ2n) is 6.17. The number of Topliss-reactive ketones (excluding diaryl/α,β-unsaturated/α-hetero) is 1. The van der Waals surface area contributed by atoms with Gasteiger partial charge in [-0.1, -0.05) is 35.0 Å². The third kappa shape index (κ3) is 5.51. The summed E-state index contributed by atoms with van der Waals surface area (Å²) in [5, 5.41) is 4.99. The minimum absolute atomic E-state index is 0.0138. The molecule has 0 spiro atoms. The molecule has 3 N–H and O–H groups in total. The maximum Gasteiger partial charge on any atom is 0.282 e. The monoisotopic (exact) mass is 403 g/mol. The third-order valence-electron chi connectivity index (χ3n) is 4.23. The summed E-state index contributed by atoms with van der Waals surface area (Å²) in [5.41, 5.74) is 2.54. The number of ketones is 1. The molecule has 5 heteroatoms. The van der Waals surface area contributed by atoms with Gasteiger partial charge in [-0.25, -0.2) is 0 Å². The van der Waals surface area contributed by atoms with E-state index in [-0.39, 0.29) is 23.8 Å². The van der Waals surface area contributed by atoms with E-state index < -0.39 is 0 Å². The fourth-order valence-electron chi connectivity index (χ4n) is 2.67. The van der Waals surface area contributed by atoms with Crippen molar-refractivity contribution in [2.24, 2.45) is 0 Å². The molecule has 4 nitrogen and oxygen atoms in total. The SMILES string of the molecule is CC[C@@H]([NH2+][C@@H](C)C(=O)Nc1ccc(C(C)=O)cc1)c1ccc(Br)cc1. The van der Waals surface area contributed by atoms with Crippen molar-refractivity contribution in [3.63, 3.8) is 0 Å². The summed E-state index contributed by atoms with van der Waals surface area (Å²) < 4.78 is 1.05. The van der Waals surface area contributed by atoms with Gasteiger partial charge in [-0.15, -0.1) is 0 Å². The smallest absolute Gasteiger partial charge is 0.282 e. The first-order valence-corrected chi connectivity index (χ1v) is 9.22. The first-order chi connectivity index (χ1) is 11.9. The minimum Gasteiger partial charge on any atom is -0.330 e. The van der Waals surface area contributed by atoms with Gasteiger partial charge in [0, 0.05) is 27.7 Å². The van der Waals surface area contributed by atoms with Gasteiger partial charge < -0.3 is 10.6 Å². The summed E-state index contributed by atoms with van der Waals surface area (Å²) in [6.07, 6.45) is 0.937. The predicted octanol–water partition coefficient (Wildman–Crippen LogP) is 3.69. The lowest BCUT2D eigenvalue weighted by molar-refractivity contribution is -0.713. The number of carbonyl (C=O) groups excluding carboxylic acids is 2. The standard InChI is InChI=1S/C20H23BrN2O2/c1-4-19(16-5-9-17(21)10-6-16)22-13(2)20(25)23-18-11-7-15(8-12-18)14(3)24/h5-13,19,22H,4H2,1-3H3,(H,23,25)/p+1/t13-,19+/m0/s1. The van der Waals surface area contributed by atoms with Crippen LogP contribution in [-0.2, 0) is 4.79 Å². The first-order valence-electron chi connectivity index (χ1n) is 8.43. The number of rotatable bonds is 7. The van der Waals surface area contributed by atoms with Gasteiger partial charge in [0.15, 0.2) is 11.8 Å². The Morgan fingerprint density at radius 1 is 1.08 bits per heavy atom. The number of nitrogens with two attached hydrogens (primary N) is 1. The van der Waals surface area contributed by atoms with Crippen LogP contribution < -0.4 is 10.6 Å². The van der Waals surface area contributed by atoms with Gasteiger partial charge in [-0.05, 0) is 50.2 Å². The zero-order chi connectivity index (χ0) is 18.4. The molecular formula is C20H24BrN2O2+. The number of anilines is 1. The van der Waals surface area contributed by atoms with Crippen molar-refractivity contribution in [3.8, 4) is 0 Å². The number of amides is 1. The Kier molecular flexibility index (Phi) is 6.91. The van der Waals surface area contributed by atoms with Gasteiger partial charge >= 0.3 is 0 Å². The van der Waals surface area contributed by atoms with E-state index in [2.05, 4.69) is 45.6 Å². The fraction of sp³-hybridized carbons (Fsp3) is 0.300. The molecule has 2 aromatic rings. The first kappa shape index (κ1) is 19.3. The quantitative estimate of drug-likeness (QED) is 0.692. The van der Waals surface area contributed by atoms with Crippen molar-refractivity contribution in [2.75, 3.05) is 5.32 Å². The highest BCUT2D eigenvalue weighted by atomic mass is 79.9. The number of carbonyl (C=O) groups is 2. The molecular weight excluding hydrogens is 380 g/mol. The van der Waals surface area contributed by atoms with Crippen LogP contribution in [0.1, 0.15) is 49.2 Å². The molecule has 2 rings (SSSR count). The molecule has 0 saturated heterocycles. The van der Waals surface area contributed by atoms with Crippen molar-refractivity contribution in [1.29, 1.82) is 0 Å². The largest absolute Gasteiger partial charge is 0.330 e. The number of hydrogen-bond acceptors (Lipinski definition) is 2. The molecule has 0 bridgehead atoms. The number of quaternary nitrogens is 1. The van der Waals surface area contributed by atoms with Crippen LogP contribution >= 0.6 is 15.9 Å². The van der Waals surface area contributed by atoms with Crippen LogP contribution in [0, 0.1) is 0 Å². The van der Waals surface area contributed by atoms with E-state index in [1.165, 1.54) is 12.5 Å². The normalized spacial score (nSPS) is 13.1. The van der Waals surface area contributed by atoms with Crippen LogP contribution in [0.25, 0.3) is 0 Å². The highest BCUT2D eigenvalue weighted by Crippen LogP contribution is 2.17. The van der Waals surface area contributed by atoms with Crippen molar-refractivity contribution in [2.45, 2.75) is 39.3 Å². The molecule has 0 aliphatic heterocycles. The summed E-state index contributed by atoms with van der Waals surface area (Å²) in [7, 11) is 0. The minimum atomic E-state index is -0.221. The molecule has 0 unspecified atom stereocenters. The van der Waals surface area contributed by atoms with Gasteiger partial charge in [-0.2, -0.15) is 0 Å². The lowest BCUT2D eigenvalue weighted by Gasteiger charge is -2.19.